The van der Waals surface area contributed by atoms with E-state index in [1.165, 1.54) is 0 Å². The van der Waals surface area contributed by atoms with Gasteiger partial charge in [0.1, 0.15) is 0 Å². The van der Waals surface area contributed by atoms with E-state index in [2.05, 4.69) is 26.1 Å². The number of nitrogens with zero attached hydrogens (tertiary/aromatic N) is 1. The molecule has 0 spiro atoms. The van der Waals surface area contributed by atoms with E-state index in [1.807, 2.05) is 7.05 Å². The molecule has 1 radical (unpaired) electrons. The summed E-state index contributed by atoms with van der Waals surface area (Å²) >= 11 is 0. The lowest BCUT2D eigenvalue weighted by atomic mass is 10.1. The van der Waals surface area contributed by atoms with E-state index in [-0.39, 0.29) is 5.54 Å². The van der Waals surface area contributed by atoms with Crippen molar-refractivity contribution < 1.29 is 0 Å². The Morgan fingerprint density at radius 2 is 1.33 bits per heavy atom. The predicted molar refractivity (Wildman–Crippen MR) is 27.8 cm³/mol. The maximum atomic E-state index is 4.02. The minimum absolute atomic E-state index is 0.167. The maximum absolute atomic E-state index is 4.02. The second-order valence-corrected chi connectivity index (χ2v) is 2.39. The van der Waals surface area contributed by atoms with Crippen LogP contribution in [0.25, 0.3) is 0 Å². The normalized spacial score (nSPS) is 12.0. The molecule has 1 nitrogen and oxygen atoms in total. The molecule has 0 aliphatic carbocycles. The third-order valence-electron chi connectivity index (χ3n) is 0.671. The van der Waals surface area contributed by atoms with Crippen LogP contribution in [0.15, 0.2) is 0 Å². The molecule has 0 bridgehead atoms. The summed E-state index contributed by atoms with van der Waals surface area (Å²) in [4.78, 5) is 0. The topological polar surface area (TPSA) is 14.1 Å². The van der Waals surface area contributed by atoms with Gasteiger partial charge in [0.15, 0.2) is 0 Å². The SMILES string of the molecule is C[N]C(C)(C)C. The molecule has 0 amide bonds. The Balaban J connectivity index is 3.17. The van der Waals surface area contributed by atoms with Crippen molar-refractivity contribution in [1.82, 2.24) is 5.32 Å². The van der Waals surface area contributed by atoms with Gasteiger partial charge in [-0.15, -0.1) is 0 Å². The molecule has 0 aromatic rings. The molecule has 0 aliphatic heterocycles. The minimum atomic E-state index is 0.167. The van der Waals surface area contributed by atoms with Crippen LogP contribution in [-0.2, 0) is 0 Å². The van der Waals surface area contributed by atoms with Crippen molar-refractivity contribution in [3.05, 3.63) is 0 Å². The van der Waals surface area contributed by atoms with E-state index in [9.17, 15) is 0 Å². The molecule has 0 atom stereocenters. The molecule has 0 rings (SSSR count). The predicted octanol–water partition coefficient (Wildman–Crippen LogP) is 1.02. The highest BCUT2D eigenvalue weighted by Gasteiger charge is 2.03. The van der Waals surface area contributed by atoms with Gasteiger partial charge in [0.2, 0.25) is 0 Å². The first-order valence-corrected chi connectivity index (χ1v) is 2.17. The largest absolute Gasteiger partial charge is 0.239 e. The summed E-state index contributed by atoms with van der Waals surface area (Å²) in [6, 6.07) is 0. The molecule has 0 heterocycles. The zero-order valence-electron chi connectivity index (χ0n) is 4.95. The first-order chi connectivity index (χ1) is 2.56. The smallest absolute Gasteiger partial charge is 0.0269 e. The fourth-order valence-electron chi connectivity index (χ4n) is 0. The molecular formula is C5H12N. The summed E-state index contributed by atoms with van der Waals surface area (Å²) in [7, 11) is 1.83. The highest BCUT2D eigenvalue weighted by molar-refractivity contribution is 4.64. The standard InChI is InChI=1S/C5H12N/c1-5(2,3)6-4/h1-4H3. The van der Waals surface area contributed by atoms with Crippen molar-refractivity contribution >= 4 is 0 Å². The van der Waals surface area contributed by atoms with Gasteiger partial charge in [0.25, 0.3) is 0 Å². The molecule has 0 aromatic heterocycles. The van der Waals surface area contributed by atoms with Gasteiger partial charge in [0, 0.05) is 12.6 Å². The maximum Gasteiger partial charge on any atom is 0.0269 e. The first-order valence-electron chi connectivity index (χ1n) is 2.17. The van der Waals surface area contributed by atoms with Crippen molar-refractivity contribution in [3.8, 4) is 0 Å². The van der Waals surface area contributed by atoms with Crippen molar-refractivity contribution in [3.63, 3.8) is 0 Å². The number of hydrogen-bond acceptors (Lipinski definition) is 0. The van der Waals surface area contributed by atoms with Crippen LogP contribution < -0.4 is 5.32 Å². The van der Waals surface area contributed by atoms with Gasteiger partial charge in [-0.2, -0.15) is 0 Å². The third kappa shape index (κ3) is 3.96. The van der Waals surface area contributed by atoms with Gasteiger partial charge in [-0.05, 0) is 20.8 Å². The first kappa shape index (κ1) is 5.96. The van der Waals surface area contributed by atoms with Crippen LogP contribution in [0.1, 0.15) is 20.8 Å². The van der Waals surface area contributed by atoms with Crippen LogP contribution in [0, 0.1) is 0 Å². The molecule has 6 heavy (non-hydrogen) atoms. The van der Waals surface area contributed by atoms with Gasteiger partial charge >= 0.3 is 0 Å². The monoisotopic (exact) mass is 86.1 g/mol. The Labute approximate surface area is 39.7 Å². The molecule has 0 unspecified atom stereocenters. The molecular weight excluding hydrogens is 74.1 g/mol. The molecule has 0 saturated carbocycles. The fraction of sp³-hybridized carbons (Fsp3) is 1.00. The minimum Gasteiger partial charge on any atom is -0.239 e. The van der Waals surface area contributed by atoms with E-state index in [1.54, 1.807) is 0 Å². The van der Waals surface area contributed by atoms with E-state index < -0.39 is 0 Å². The van der Waals surface area contributed by atoms with Gasteiger partial charge in [-0.1, -0.05) is 0 Å². The zero-order valence-corrected chi connectivity index (χ0v) is 4.95. The lowest BCUT2D eigenvalue weighted by Gasteiger charge is -2.12. The van der Waals surface area contributed by atoms with E-state index >= 15 is 0 Å². The van der Waals surface area contributed by atoms with Crippen LogP contribution in [0.4, 0.5) is 0 Å². The Morgan fingerprint density at radius 3 is 1.33 bits per heavy atom. The van der Waals surface area contributed by atoms with Gasteiger partial charge in [-0.3, -0.25) is 0 Å². The highest BCUT2D eigenvalue weighted by Crippen LogP contribution is 1.96. The van der Waals surface area contributed by atoms with Crippen LogP contribution >= 0.6 is 0 Å². The third-order valence-corrected chi connectivity index (χ3v) is 0.671. The van der Waals surface area contributed by atoms with Gasteiger partial charge < -0.3 is 0 Å². The molecule has 0 aromatic carbocycles. The number of hydrogen-bond donors (Lipinski definition) is 0. The average molecular weight is 86.2 g/mol. The van der Waals surface area contributed by atoms with E-state index in [0.717, 1.165) is 0 Å². The molecule has 1 heteroatoms. The highest BCUT2D eigenvalue weighted by atomic mass is 14.9. The van der Waals surface area contributed by atoms with E-state index in [4.69, 9.17) is 0 Å². The second-order valence-electron chi connectivity index (χ2n) is 2.39. The van der Waals surface area contributed by atoms with Crippen molar-refractivity contribution in [2.75, 3.05) is 7.05 Å². The molecule has 0 saturated heterocycles. The van der Waals surface area contributed by atoms with Crippen molar-refractivity contribution in [2.45, 2.75) is 26.3 Å². The van der Waals surface area contributed by atoms with Crippen LogP contribution in [-0.4, -0.2) is 12.6 Å². The lowest BCUT2D eigenvalue weighted by Crippen LogP contribution is -2.24. The Kier molecular flexibility index (Phi) is 1.59. The van der Waals surface area contributed by atoms with E-state index in [0.29, 0.717) is 0 Å². The molecule has 0 fully saturated rings. The lowest BCUT2D eigenvalue weighted by molar-refractivity contribution is 0.459. The average Bonchev–Trinajstić information content (AvgIpc) is 1.35. The summed E-state index contributed by atoms with van der Waals surface area (Å²) in [6.45, 7) is 6.23. The Hall–Kier alpha value is -0.0400. The fourth-order valence-corrected chi connectivity index (χ4v) is 0. The van der Waals surface area contributed by atoms with Gasteiger partial charge in [-0.25, -0.2) is 5.32 Å². The van der Waals surface area contributed by atoms with Crippen molar-refractivity contribution in [1.29, 1.82) is 0 Å². The summed E-state index contributed by atoms with van der Waals surface area (Å²) in [6.07, 6.45) is 0. The second kappa shape index (κ2) is 1.61. The summed E-state index contributed by atoms with van der Waals surface area (Å²) in [5.41, 5.74) is 0.167. The summed E-state index contributed by atoms with van der Waals surface area (Å²) in [5.74, 6) is 0. The number of rotatable bonds is 0. The molecule has 37 valence electrons. The molecule has 0 aliphatic rings. The van der Waals surface area contributed by atoms with Crippen LogP contribution in [0.3, 0.4) is 0 Å². The van der Waals surface area contributed by atoms with Crippen LogP contribution in [0.2, 0.25) is 0 Å². The van der Waals surface area contributed by atoms with Crippen molar-refractivity contribution in [2.24, 2.45) is 0 Å². The Bertz CT molecular complexity index is 33.7. The zero-order chi connectivity index (χ0) is 5.21. The quantitative estimate of drug-likeness (QED) is 0.418. The Morgan fingerprint density at radius 1 is 1.17 bits per heavy atom. The van der Waals surface area contributed by atoms with Gasteiger partial charge in [0.05, 0.1) is 0 Å². The summed E-state index contributed by atoms with van der Waals surface area (Å²) in [5, 5.41) is 4.02. The summed E-state index contributed by atoms with van der Waals surface area (Å²) < 4.78 is 0. The molecule has 0 N–H and O–H groups in total. The van der Waals surface area contributed by atoms with Crippen LogP contribution in [0.5, 0.6) is 0 Å².